The molecule has 0 unspecified atom stereocenters. The average Bonchev–Trinajstić information content (AvgIpc) is 2.57. The van der Waals surface area contributed by atoms with Crippen molar-refractivity contribution in [3.8, 4) is 0 Å². The summed E-state index contributed by atoms with van der Waals surface area (Å²) in [4.78, 5) is 0. The van der Waals surface area contributed by atoms with E-state index in [9.17, 15) is 0 Å². The topological polar surface area (TPSA) is 30.5 Å². The molecule has 0 spiro atoms. The third-order valence-electron chi connectivity index (χ3n) is 2.63. The van der Waals surface area contributed by atoms with Gasteiger partial charge in [-0.15, -0.1) is 0 Å². The Kier molecular flexibility index (Phi) is 4.16. The molecule has 0 saturated carbocycles. The van der Waals surface area contributed by atoms with Crippen LogP contribution in [0.2, 0.25) is 0 Å². The number of rotatable bonds is 5. The van der Waals surface area contributed by atoms with Crippen LogP contribution in [0.3, 0.4) is 0 Å². The molecule has 1 saturated heterocycles. The van der Waals surface area contributed by atoms with Crippen LogP contribution in [0.25, 0.3) is 0 Å². The van der Waals surface area contributed by atoms with Gasteiger partial charge in [-0.25, -0.2) is 0 Å². The molecule has 1 atom stereocenters. The van der Waals surface area contributed by atoms with Crippen LogP contribution >= 0.6 is 0 Å². The Bertz CT molecular complexity index is 142. The van der Waals surface area contributed by atoms with Gasteiger partial charge in [0.15, 0.2) is 0 Å². The number of nitrogens with one attached hydrogen (secondary N) is 1. The highest BCUT2D eigenvalue weighted by atomic mass is 16.5. The Balaban J connectivity index is 2.06. The quantitative estimate of drug-likeness (QED) is 0.701. The van der Waals surface area contributed by atoms with E-state index in [2.05, 4.69) is 19.2 Å². The van der Waals surface area contributed by atoms with E-state index in [1.807, 2.05) is 0 Å². The van der Waals surface area contributed by atoms with Crippen LogP contribution in [-0.2, 0) is 9.47 Å². The van der Waals surface area contributed by atoms with Crippen LogP contribution in [0, 0.1) is 0 Å². The van der Waals surface area contributed by atoms with Gasteiger partial charge >= 0.3 is 0 Å². The number of hydrogen-bond donors (Lipinski definition) is 1. The lowest BCUT2D eigenvalue weighted by Gasteiger charge is -2.23. The Morgan fingerprint density at radius 1 is 1.46 bits per heavy atom. The van der Waals surface area contributed by atoms with Crippen molar-refractivity contribution in [3.63, 3.8) is 0 Å². The molecule has 0 aliphatic carbocycles. The summed E-state index contributed by atoms with van der Waals surface area (Å²) in [5.74, 6) is 0. The largest absolute Gasteiger partial charge is 0.379 e. The predicted octanol–water partition coefficient (Wildman–Crippen LogP) is 1.18. The van der Waals surface area contributed by atoms with Gasteiger partial charge in [0.25, 0.3) is 0 Å². The van der Waals surface area contributed by atoms with Crippen LogP contribution in [0.5, 0.6) is 0 Å². The minimum absolute atomic E-state index is 0.0496. The highest BCUT2D eigenvalue weighted by Crippen LogP contribution is 2.14. The molecule has 0 radical (unpaired) electrons. The molecule has 3 heteroatoms. The first kappa shape index (κ1) is 11.0. The minimum atomic E-state index is -0.0496. The molecule has 0 aromatic rings. The summed E-state index contributed by atoms with van der Waals surface area (Å²) in [6.07, 6.45) is 2.53. The zero-order chi connectivity index (χ0) is 9.73. The van der Waals surface area contributed by atoms with Crippen molar-refractivity contribution >= 4 is 0 Å². The Morgan fingerprint density at radius 3 is 2.77 bits per heavy atom. The third kappa shape index (κ3) is 4.07. The maximum Gasteiger partial charge on any atom is 0.0711 e. The normalized spacial score (nSPS) is 23.8. The Hall–Kier alpha value is -0.120. The molecule has 1 heterocycles. The monoisotopic (exact) mass is 187 g/mol. The number of ether oxygens (including phenoxy) is 2. The molecule has 1 fully saturated rings. The molecule has 3 nitrogen and oxygen atoms in total. The highest BCUT2D eigenvalue weighted by molar-refractivity contribution is 4.72. The van der Waals surface area contributed by atoms with Crippen LogP contribution < -0.4 is 5.32 Å². The predicted molar refractivity (Wildman–Crippen MR) is 52.9 cm³/mol. The summed E-state index contributed by atoms with van der Waals surface area (Å²) >= 11 is 0. The van der Waals surface area contributed by atoms with Gasteiger partial charge in [0, 0.05) is 20.3 Å². The second-order valence-corrected chi connectivity index (χ2v) is 4.20. The Labute approximate surface area is 80.8 Å². The molecule has 1 aliphatic heterocycles. The molecule has 78 valence electrons. The third-order valence-corrected chi connectivity index (χ3v) is 2.63. The molecule has 0 amide bonds. The van der Waals surface area contributed by atoms with E-state index in [4.69, 9.17) is 9.47 Å². The summed E-state index contributed by atoms with van der Waals surface area (Å²) in [7, 11) is 1.75. The van der Waals surface area contributed by atoms with Crippen LogP contribution in [0.1, 0.15) is 26.7 Å². The van der Waals surface area contributed by atoms with Gasteiger partial charge in [0.2, 0.25) is 0 Å². The molecule has 13 heavy (non-hydrogen) atoms. The van der Waals surface area contributed by atoms with Gasteiger partial charge in [-0.05, 0) is 33.2 Å². The van der Waals surface area contributed by atoms with E-state index in [-0.39, 0.29) is 5.60 Å². The lowest BCUT2D eigenvalue weighted by molar-refractivity contribution is -0.0229. The van der Waals surface area contributed by atoms with Crippen molar-refractivity contribution < 1.29 is 9.47 Å². The van der Waals surface area contributed by atoms with Gasteiger partial charge < -0.3 is 14.8 Å². The van der Waals surface area contributed by atoms with Gasteiger partial charge in [0.05, 0.1) is 11.7 Å². The van der Waals surface area contributed by atoms with Crippen LogP contribution in [-0.4, -0.2) is 38.5 Å². The molecule has 1 rings (SSSR count). The summed E-state index contributed by atoms with van der Waals surface area (Å²) in [6, 6.07) is 0. The van der Waals surface area contributed by atoms with Gasteiger partial charge in [-0.2, -0.15) is 0 Å². The van der Waals surface area contributed by atoms with Crippen LogP contribution in [0.4, 0.5) is 0 Å². The fourth-order valence-electron chi connectivity index (χ4n) is 1.34. The summed E-state index contributed by atoms with van der Waals surface area (Å²) in [5, 5.41) is 3.28. The maximum absolute atomic E-state index is 5.70. The van der Waals surface area contributed by atoms with Crippen molar-refractivity contribution in [2.75, 3.05) is 26.8 Å². The van der Waals surface area contributed by atoms with Gasteiger partial charge in [-0.3, -0.25) is 0 Å². The summed E-state index contributed by atoms with van der Waals surface area (Å²) < 4.78 is 11.0. The number of hydrogen-bond acceptors (Lipinski definition) is 3. The summed E-state index contributed by atoms with van der Waals surface area (Å²) in [5.41, 5.74) is -0.0496. The molecule has 0 aromatic carbocycles. The standard InChI is InChI=1S/C10H21NO2/c1-10(2,12-3)5-7-13-9-4-6-11-8-9/h9,11H,4-8H2,1-3H3/t9-/m1/s1. The molecule has 1 N–H and O–H groups in total. The zero-order valence-corrected chi connectivity index (χ0v) is 8.93. The fourth-order valence-corrected chi connectivity index (χ4v) is 1.34. The van der Waals surface area contributed by atoms with E-state index in [1.165, 1.54) is 0 Å². The summed E-state index contributed by atoms with van der Waals surface area (Å²) in [6.45, 7) is 7.07. The second kappa shape index (κ2) is 4.94. The van der Waals surface area contributed by atoms with E-state index in [0.717, 1.165) is 32.5 Å². The van der Waals surface area contributed by atoms with Crippen molar-refractivity contribution in [1.82, 2.24) is 5.32 Å². The van der Waals surface area contributed by atoms with Crippen LogP contribution in [0.15, 0.2) is 0 Å². The first-order chi connectivity index (χ1) is 6.14. The highest BCUT2D eigenvalue weighted by Gasteiger charge is 2.19. The Morgan fingerprint density at radius 2 is 2.23 bits per heavy atom. The van der Waals surface area contributed by atoms with E-state index in [1.54, 1.807) is 7.11 Å². The van der Waals surface area contributed by atoms with E-state index >= 15 is 0 Å². The van der Waals surface area contributed by atoms with Crippen molar-refractivity contribution in [1.29, 1.82) is 0 Å². The maximum atomic E-state index is 5.70. The van der Waals surface area contributed by atoms with E-state index < -0.39 is 0 Å². The molecule has 0 aromatic heterocycles. The minimum Gasteiger partial charge on any atom is -0.379 e. The van der Waals surface area contributed by atoms with Crippen molar-refractivity contribution in [2.45, 2.75) is 38.4 Å². The first-order valence-electron chi connectivity index (χ1n) is 5.01. The first-order valence-corrected chi connectivity index (χ1v) is 5.01. The van der Waals surface area contributed by atoms with Gasteiger partial charge in [-0.1, -0.05) is 0 Å². The fraction of sp³-hybridized carbons (Fsp3) is 1.00. The second-order valence-electron chi connectivity index (χ2n) is 4.20. The van der Waals surface area contributed by atoms with Crippen molar-refractivity contribution in [2.24, 2.45) is 0 Å². The number of methoxy groups -OCH3 is 1. The SMILES string of the molecule is COC(C)(C)CCO[C@@H]1CCNC1. The van der Waals surface area contributed by atoms with Gasteiger partial charge in [0.1, 0.15) is 0 Å². The van der Waals surface area contributed by atoms with Crippen molar-refractivity contribution in [3.05, 3.63) is 0 Å². The molecular weight excluding hydrogens is 166 g/mol. The smallest absolute Gasteiger partial charge is 0.0711 e. The molecule has 1 aliphatic rings. The zero-order valence-electron chi connectivity index (χ0n) is 8.93. The average molecular weight is 187 g/mol. The molecular formula is C10H21NO2. The molecule has 0 bridgehead atoms. The lowest BCUT2D eigenvalue weighted by atomic mass is 10.1. The van der Waals surface area contributed by atoms with E-state index in [0.29, 0.717) is 6.10 Å². The lowest BCUT2D eigenvalue weighted by Crippen LogP contribution is -2.26.